The van der Waals surface area contributed by atoms with E-state index in [4.69, 9.17) is 4.74 Å². The van der Waals surface area contributed by atoms with Gasteiger partial charge in [-0.15, -0.1) is 0 Å². The van der Waals surface area contributed by atoms with E-state index in [1.807, 2.05) is 6.08 Å². The second kappa shape index (κ2) is 9.39. The SMILES string of the molecule is CC(=O)O[C@@H]1C=C2C(=CC[C@H]3C(C)(C)[C@@H](O)CC[C@]23C)[C@]2(C)CC[C@H]([C@H](C)CC/C=C(\C)C(=O)O)[C@@]12C. The number of allylic oxidation sites excluding steroid dienone is 4. The van der Waals surface area contributed by atoms with Gasteiger partial charge in [-0.2, -0.15) is 0 Å². The maximum Gasteiger partial charge on any atom is 0.330 e. The zero-order chi connectivity index (χ0) is 27.6. The molecule has 37 heavy (non-hydrogen) atoms. The number of aliphatic hydroxyl groups is 1. The van der Waals surface area contributed by atoms with Crippen LogP contribution in [0, 0.1) is 39.4 Å². The largest absolute Gasteiger partial charge is 0.478 e. The van der Waals surface area contributed by atoms with Crippen molar-refractivity contribution in [1.82, 2.24) is 0 Å². The smallest absolute Gasteiger partial charge is 0.330 e. The summed E-state index contributed by atoms with van der Waals surface area (Å²) in [5.41, 5.74) is 2.60. The van der Waals surface area contributed by atoms with E-state index in [0.717, 1.165) is 44.9 Å². The molecule has 0 radical (unpaired) electrons. The van der Waals surface area contributed by atoms with E-state index < -0.39 is 5.97 Å². The highest BCUT2D eigenvalue weighted by Crippen LogP contribution is 2.72. The fourth-order valence-electron chi connectivity index (χ4n) is 9.14. The molecule has 0 aliphatic heterocycles. The Bertz CT molecular complexity index is 1050. The van der Waals surface area contributed by atoms with Crippen molar-refractivity contribution in [3.8, 4) is 0 Å². The van der Waals surface area contributed by atoms with Crippen LogP contribution in [0.5, 0.6) is 0 Å². The van der Waals surface area contributed by atoms with Gasteiger partial charge in [0.25, 0.3) is 0 Å². The summed E-state index contributed by atoms with van der Waals surface area (Å²) in [6.07, 6.45) is 12.5. The van der Waals surface area contributed by atoms with E-state index in [-0.39, 0.29) is 39.8 Å². The van der Waals surface area contributed by atoms with Gasteiger partial charge < -0.3 is 14.9 Å². The summed E-state index contributed by atoms with van der Waals surface area (Å²) in [5.74, 6) is -0.0382. The molecule has 2 saturated carbocycles. The zero-order valence-corrected chi connectivity index (χ0v) is 24.2. The molecule has 4 aliphatic carbocycles. The lowest BCUT2D eigenvalue weighted by Gasteiger charge is -2.62. The van der Waals surface area contributed by atoms with Gasteiger partial charge in [-0.3, -0.25) is 4.79 Å². The van der Waals surface area contributed by atoms with Crippen LogP contribution in [0.15, 0.2) is 34.9 Å². The number of carbonyl (C=O) groups is 2. The fraction of sp³-hybridized carbons (Fsp3) is 0.750. The molecule has 0 aromatic rings. The summed E-state index contributed by atoms with van der Waals surface area (Å²) in [7, 11) is 0. The second-order valence-electron chi connectivity index (χ2n) is 13.8. The number of hydrogen-bond donors (Lipinski definition) is 2. The van der Waals surface area contributed by atoms with Gasteiger partial charge in [-0.05, 0) is 97.7 Å². The summed E-state index contributed by atoms with van der Waals surface area (Å²) in [4.78, 5) is 23.7. The van der Waals surface area contributed by atoms with Gasteiger partial charge in [0, 0.05) is 23.3 Å². The molecule has 4 rings (SSSR count). The number of carboxylic acids is 1. The number of carboxylic acid groups (broad SMARTS) is 1. The predicted molar refractivity (Wildman–Crippen MR) is 146 cm³/mol. The van der Waals surface area contributed by atoms with Gasteiger partial charge >= 0.3 is 11.9 Å². The molecular formula is C32H48O5. The lowest BCUT2D eigenvalue weighted by atomic mass is 9.43. The van der Waals surface area contributed by atoms with Crippen molar-refractivity contribution in [1.29, 1.82) is 0 Å². The van der Waals surface area contributed by atoms with Crippen LogP contribution in [-0.4, -0.2) is 34.4 Å². The van der Waals surface area contributed by atoms with Crippen molar-refractivity contribution >= 4 is 11.9 Å². The van der Waals surface area contributed by atoms with Gasteiger partial charge in [0.05, 0.1) is 6.10 Å². The Labute approximate surface area is 223 Å². The van der Waals surface area contributed by atoms with Gasteiger partial charge in [-0.1, -0.05) is 53.7 Å². The highest BCUT2D eigenvalue weighted by atomic mass is 16.5. The zero-order valence-electron chi connectivity index (χ0n) is 24.2. The van der Waals surface area contributed by atoms with E-state index in [0.29, 0.717) is 23.3 Å². The number of hydrogen-bond acceptors (Lipinski definition) is 4. The standard InChI is InChI=1S/C32H48O5/c1-19(10-9-11-20(2)28(35)36)22-14-17-31(7)23-12-13-25-29(4,5)26(34)15-16-30(25,6)24(23)18-27(32(22,31)8)37-21(3)33/h11-12,18-19,22,25-27,34H,9-10,13-17H2,1-8H3,(H,35,36)/b20-11+/t19-,22-,25+,26+,27-,30-,31+,32+/m1/s1. The first-order valence-corrected chi connectivity index (χ1v) is 14.3. The molecule has 5 nitrogen and oxygen atoms in total. The van der Waals surface area contributed by atoms with Crippen molar-refractivity contribution in [2.24, 2.45) is 39.4 Å². The summed E-state index contributed by atoms with van der Waals surface area (Å²) >= 11 is 0. The minimum Gasteiger partial charge on any atom is -0.478 e. The first-order chi connectivity index (χ1) is 17.1. The van der Waals surface area contributed by atoms with Crippen LogP contribution in [0.2, 0.25) is 0 Å². The first kappa shape index (κ1) is 28.1. The Balaban J connectivity index is 1.75. The molecule has 0 heterocycles. The molecular weight excluding hydrogens is 464 g/mol. The molecule has 2 N–H and O–H groups in total. The van der Waals surface area contributed by atoms with Gasteiger partial charge in [0.1, 0.15) is 6.10 Å². The number of rotatable bonds is 6. The molecule has 0 saturated heterocycles. The van der Waals surface area contributed by atoms with Crippen LogP contribution in [-0.2, 0) is 14.3 Å². The average Bonchev–Trinajstić information content (AvgIpc) is 3.09. The Morgan fingerprint density at radius 3 is 2.41 bits per heavy atom. The average molecular weight is 513 g/mol. The van der Waals surface area contributed by atoms with Crippen molar-refractivity contribution in [2.45, 2.75) is 113 Å². The maximum atomic E-state index is 12.4. The lowest BCUT2D eigenvalue weighted by molar-refractivity contribution is -0.158. The predicted octanol–water partition coefficient (Wildman–Crippen LogP) is 6.86. The third-order valence-electron chi connectivity index (χ3n) is 11.7. The van der Waals surface area contributed by atoms with Crippen LogP contribution in [0.25, 0.3) is 0 Å². The van der Waals surface area contributed by atoms with Crippen molar-refractivity contribution in [3.63, 3.8) is 0 Å². The second-order valence-corrected chi connectivity index (χ2v) is 13.8. The molecule has 4 aliphatic rings. The highest BCUT2D eigenvalue weighted by molar-refractivity contribution is 5.85. The van der Waals surface area contributed by atoms with E-state index in [1.165, 1.54) is 18.1 Å². The van der Waals surface area contributed by atoms with Crippen molar-refractivity contribution in [2.75, 3.05) is 0 Å². The highest BCUT2D eigenvalue weighted by Gasteiger charge is 2.66. The fourth-order valence-corrected chi connectivity index (χ4v) is 9.14. The number of ether oxygens (including phenoxy) is 1. The molecule has 0 unspecified atom stereocenters. The van der Waals surface area contributed by atoms with Crippen molar-refractivity contribution in [3.05, 3.63) is 34.9 Å². The minimum absolute atomic E-state index is 0.0571. The molecule has 0 aromatic carbocycles. The molecule has 0 spiro atoms. The molecule has 0 aromatic heterocycles. The Morgan fingerprint density at radius 2 is 1.78 bits per heavy atom. The van der Waals surface area contributed by atoms with Crippen LogP contribution >= 0.6 is 0 Å². The molecule has 5 heteroatoms. The number of fused-ring (bicyclic) bond motifs is 5. The third kappa shape index (κ3) is 4.15. The quantitative estimate of drug-likeness (QED) is 0.300. The monoisotopic (exact) mass is 512 g/mol. The summed E-state index contributed by atoms with van der Waals surface area (Å²) in [6, 6.07) is 0. The first-order valence-electron chi connectivity index (χ1n) is 14.3. The summed E-state index contributed by atoms with van der Waals surface area (Å²) in [6.45, 7) is 17.0. The van der Waals surface area contributed by atoms with Crippen LogP contribution < -0.4 is 0 Å². The Hall–Kier alpha value is -1.88. The molecule has 0 amide bonds. The lowest BCUT2D eigenvalue weighted by Crippen LogP contribution is -2.57. The van der Waals surface area contributed by atoms with Gasteiger partial charge in [0.15, 0.2) is 0 Å². The molecule has 0 bridgehead atoms. The molecule has 8 atom stereocenters. The van der Waals surface area contributed by atoms with Crippen LogP contribution in [0.3, 0.4) is 0 Å². The third-order valence-corrected chi connectivity index (χ3v) is 11.7. The van der Waals surface area contributed by atoms with Gasteiger partial charge in [0.2, 0.25) is 0 Å². The number of esters is 1. The topological polar surface area (TPSA) is 83.8 Å². The minimum atomic E-state index is -0.859. The van der Waals surface area contributed by atoms with Crippen molar-refractivity contribution < 1.29 is 24.5 Å². The molecule has 206 valence electrons. The van der Waals surface area contributed by atoms with E-state index >= 15 is 0 Å². The number of aliphatic carboxylic acids is 1. The van der Waals surface area contributed by atoms with E-state index in [9.17, 15) is 19.8 Å². The number of carbonyl (C=O) groups excluding carboxylic acids is 1. The maximum absolute atomic E-state index is 12.4. The summed E-state index contributed by atoms with van der Waals surface area (Å²) in [5, 5.41) is 20.1. The number of aliphatic hydroxyl groups excluding tert-OH is 1. The Morgan fingerprint density at radius 1 is 1.11 bits per heavy atom. The Kier molecular flexibility index (Phi) is 7.14. The molecule has 2 fully saturated rings. The van der Waals surface area contributed by atoms with Crippen LogP contribution in [0.4, 0.5) is 0 Å². The van der Waals surface area contributed by atoms with E-state index in [1.54, 1.807) is 6.92 Å². The van der Waals surface area contributed by atoms with E-state index in [2.05, 4.69) is 53.7 Å². The van der Waals surface area contributed by atoms with Gasteiger partial charge in [-0.25, -0.2) is 4.79 Å². The van der Waals surface area contributed by atoms with Crippen LogP contribution in [0.1, 0.15) is 100 Å². The normalized spacial score (nSPS) is 41.5. The summed E-state index contributed by atoms with van der Waals surface area (Å²) < 4.78 is 6.19.